The molecule has 144 valence electrons. The van der Waals surface area contributed by atoms with Gasteiger partial charge in [-0.1, -0.05) is 37.6 Å². The van der Waals surface area contributed by atoms with Crippen LogP contribution in [0, 0.1) is 5.82 Å². The molecule has 0 aromatic heterocycles. The molecule has 0 aliphatic carbocycles. The van der Waals surface area contributed by atoms with Crippen molar-refractivity contribution < 1.29 is 18.8 Å². The van der Waals surface area contributed by atoms with Crippen molar-refractivity contribution in [3.63, 3.8) is 0 Å². The number of imide groups is 1. The molecule has 1 fully saturated rings. The monoisotopic (exact) mass is 381 g/mol. The van der Waals surface area contributed by atoms with Crippen molar-refractivity contribution in [1.82, 2.24) is 15.5 Å². The summed E-state index contributed by atoms with van der Waals surface area (Å²) in [5.41, 5.74) is 1.66. The van der Waals surface area contributed by atoms with Crippen molar-refractivity contribution in [2.75, 3.05) is 6.54 Å². The van der Waals surface area contributed by atoms with Crippen LogP contribution in [-0.4, -0.2) is 29.3 Å². The topological polar surface area (TPSA) is 78.5 Å². The van der Waals surface area contributed by atoms with Gasteiger partial charge in [-0.15, -0.1) is 0 Å². The van der Waals surface area contributed by atoms with Crippen LogP contribution in [0.15, 0.2) is 42.5 Å². The molecule has 7 heteroatoms. The van der Waals surface area contributed by atoms with E-state index < -0.39 is 23.3 Å². The van der Waals surface area contributed by atoms with Crippen molar-refractivity contribution in [3.8, 4) is 0 Å². The average molecular weight is 381 g/mol. The summed E-state index contributed by atoms with van der Waals surface area (Å²) >= 11 is 0. The van der Waals surface area contributed by atoms with Gasteiger partial charge in [0.15, 0.2) is 5.54 Å². The Morgan fingerprint density at radius 1 is 1.11 bits per heavy atom. The van der Waals surface area contributed by atoms with Gasteiger partial charge in [0.05, 0.1) is 6.54 Å². The lowest BCUT2D eigenvalue weighted by Gasteiger charge is -2.31. The molecule has 4 amide bonds. The Kier molecular flexibility index (Phi) is 4.37. The Hall–Kier alpha value is -3.22. The third kappa shape index (κ3) is 2.93. The van der Waals surface area contributed by atoms with E-state index >= 15 is 0 Å². The second-order valence-corrected chi connectivity index (χ2v) is 7.22. The normalized spacial score (nSPS) is 20.9. The van der Waals surface area contributed by atoms with Crippen LogP contribution in [0.3, 0.4) is 0 Å². The van der Waals surface area contributed by atoms with Crippen molar-refractivity contribution in [2.24, 2.45) is 0 Å². The van der Waals surface area contributed by atoms with Gasteiger partial charge in [-0.25, -0.2) is 9.18 Å². The van der Waals surface area contributed by atoms with E-state index in [9.17, 15) is 18.8 Å². The van der Waals surface area contributed by atoms with E-state index in [-0.39, 0.29) is 12.5 Å². The summed E-state index contributed by atoms with van der Waals surface area (Å²) < 4.78 is 13.4. The third-order valence-electron chi connectivity index (χ3n) is 5.29. The highest BCUT2D eigenvalue weighted by atomic mass is 19.1. The van der Waals surface area contributed by atoms with Crippen LogP contribution >= 0.6 is 0 Å². The number of rotatable bonds is 5. The number of benzene rings is 2. The van der Waals surface area contributed by atoms with Gasteiger partial charge in [-0.3, -0.25) is 14.9 Å². The summed E-state index contributed by atoms with van der Waals surface area (Å²) in [5.74, 6) is -1.19. The Labute approximate surface area is 161 Å². The SMILES string of the molecule is CCCc1ccc2c(c1)CN(CC1(c3ccc(F)cc3)NC(=O)NC1=O)C2=O. The number of carbonyl (C=O) groups is 3. The van der Waals surface area contributed by atoms with Crippen LogP contribution in [0.4, 0.5) is 9.18 Å². The van der Waals surface area contributed by atoms with Gasteiger partial charge in [0.25, 0.3) is 11.8 Å². The molecule has 0 radical (unpaired) electrons. The third-order valence-corrected chi connectivity index (χ3v) is 5.29. The maximum Gasteiger partial charge on any atom is 0.322 e. The van der Waals surface area contributed by atoms with E-state index in [0.29, 0.717) is 17.7 Å². The zero-order valence-electron chi connectivity index (χ0n) is 15.4. The molecule has 2 N–H and O–H groups in total. The first kappa shape index (κ1) is 18.2. The molecule has 0 saturated carbocycles. The Morgan fingerprint density at radius 2 is 1.86 bits per heavy atom. The number of halogens is 1. The minimum Gasteiger partial charge on any atom is -0.331 e. The molecule has 2 heterocycles. The summed E-state index contributed by atoms with van der Waals surface area (Å²) in [6, 6.07) is 10.5. The van der Waals surface area contributed by atoms with Crippen molar-refractivity contribution in [2.45, 2.75) is 31.8 Å². The number of hydrogen-bond acceptors (Lipinski definition) is 3. The fourth-order valence-corrected chi connectivity index (χ4v) is 3.92. The van der Waals surface area contributed by atoms with Crippen LogP contribution < -0.4 is 10.6 Å². The standard InChI is InChI=1S/C21H20FN3O3/c1-2-3-13-4-9-17-14(10-13)11-25(18(17)26)12-21(19(27)23-20(28)24-21)15-5-7-16(22)8-6-15/h4-10H,2-3,11-12H2,1H3,(H2,23,24,27,28). The van der Waals surface area contributed by atoms with Crippen LogP contribution in [0.2, 0.25) is 0 Å². The minimum atomic E-state index is -1.45. The molecule has 2 aromatic rings. The van der Waals surface area contributed by atoms with Gasteiger partial charge in [0, 0.05) is 12.1 Å². The van der Waals surface area contributed by atoms with Gasteiger partial charge in [-0.05, 0) is 41.3 Å². The first-order chi connectivity index (χ1) is 13.4. The molecular weight excluding hydrogens is 361 g/mol. The lowest BCUT2D eigenvalue weighted by atomic mass is 9.89. The quantitative estimate of drug-likeness (QED) is 0.781. The summed E-state index contributed by atoms with van der Waals surface area (Å²) in [6.07, 6.45) is 1.94. The largest absolute Gasteiger partial charge is 0.331 e. The summed E-state index contributed by atoms with van der Waals surface area (Å²) in [6.45, 7) is 2.42. The maximum atomic E-state index is 13.4. The first-order valence-electron chi connectivity index (χ1n) is 9.23. The van der Waals surface area contributed by atoms with Gasteiger partial charge in [0.2, 0.25) is 0 Å². The molecule has 2 aromatic carbocycles. The van der Waals surface area contributed by atoms with Crippen molar-refractivity contribution in [1.29, 1.82) is 0 Å². The van der Waals surface area contributed by atoms with Gasteiger partial charge in [-0.2, -0.15) is 0 Å². The molecule has 28 heavy (non-hydrogen) atoms. The Bertz CT molecular complexity index is 973. The first-order valence-corrected chi connectivity index (χ1v) is 9.23. The van der Waals surface area contributed by atoms with Gasteiger partial charge in [0.1, 0.15) is 5.82 Å². The van der Waals surface area contributed by atoms with Crippen LogP contribution in [0.25, 0.3) is 0 Å². The van der Waals surface area contributed by atoms with Crippen LogP contribution in [-0.2, 0) is 23.3 Å². The molecule has 4 rings (SSSR count). The molecule has 6 nitrogen and oxygen atoms in total. The van der Waals surface area contributed by atoms with Gasteiger partial charge < -0.3 is 10.2 Å². The van der Waals surface area contributed by atoms with E-state index in [1.54, 1.807) is 4.90 Å². The molecule has 1 atom stereocenters. The second-order valence-electron chi connectivity index (χ2n) is 7.22. The summed E-state index contributed by atoms with van der Waals surface area (Å²) in [7, 11) is 0. The maximum absolute atomic E-state index is 13.4. The summed E-state index contributed by atoms with van der Waals surface area (Å²) in [5, 5.41) is 4.88. The molecule has 0 bridgehead atoms. The molecule has 2 aliphatic rings. The number of amides is 4. The van der Waals surface area contributed by atoms with E-state index in [1.807, 2.05) is 18.2 Å². The zero-order valence-corrected chi connectivity index (χ0v) is 15.4. The van der Waals surface area contributed by atoms with Crippen LogP contribution in [0.1, 0.15) is 40.4 Å². The smallest absolute Gasteiger partial charge is 0.322 e. The fourth-order valence-electron chi connectivity index (χ4n) is 3.92. The highest BCUT2D eigenvalue weighted by molar-refractivity contribution is 6.08. The van der Waals surface area contributed by atoms with E-state index in [1.165, 1.54) is 24.3 Å². The predicted molar refractivity (Wildman–Crippen MR) is 99.9 cm³/mol. The summed E-state index contributed by atoms with van der Waals surface area (Å²) in [4.78, 5) is 39.0. The Balaban J connectivity index is 1.67. The lowest BCUT2D eigenvalue weighted by Crippen LogP contribution is -2.52. The molecule has 2 aliphatic heterocycles. The molecule has 1 unspecified atom stereocenters. The van der Waals surface area contributed by atoms with E-state index in [2.05, 4.69) is 17.6 Å². The highest BCUT2D eigenvalue weighted by Crippen LogP contribution is 2.31. The number of nitrogens with zero attached hydrogens (tertiary/aromatic N) is 1. The Morgan fingerprint density at radius 3 is 2.50 bits per heavy atom. The number of fused-ring (bicyclic) bond motifs is 1. The number of carbonyl (C=O) groups excluding carboxylic acids is 3. The van der Waals surface area contributed by atoms with Crippen molar-refractivity contribution >= 4 is 17.8 Å². The van der Waals surface area contributed by atoms with E-state index in [0.717, 1.165) is 24.0 Å². The van der Waals surface area contributed by atoms with Crippen LogP contribution in [0.5, 0.6) is 0 Å². The minimum absolute atomic E-state index is 0.0349. The zero-order chi connectivity index (χ0) is 19.9. The molecular formula is C21H20FN3O3. The average Bonchev–Trinajstić information content (AvgIpc) is 3.12. The second kappa shape index (κ2) is 6.74. The molecule has 1 saturated heterocycles. The number of urea groups is 1. The number of hydrogen-bond donors (Lipinski definition) is 2. The predicted octanol–water partition coefficient (Wildman–Crippen LogP) is 2.47. The molecule has 0 spiro atoms. The fraction of sp³-hybridized carbons (Fsp3) is 0.286. The lowest BCUT2D eigenvalue weighted by molar-refractivity contribution is -0.124. The number of aryl methyl sites for hydroxylation is 1. The van der Waals surface area contributed by atoms with E-state index in [4.69, 9.17) is 0 Å². The highest BCUT2D eigenvalue weighted by Gasteiger charge is 2.50. The van der Waals surface area contributed by atoms with Gasteiger partial charge >= 0.3 is 6.03 Å². The number of nitrogens with one attached hydrogen (secondary N) is 2. The van der Waals surface area contributed by atoms with Crippen molar-refractivity contribution in [3.05, 3.63) is 70.5 Å².